The summed E-state index contributed by atoms with van der Waals surface area (Å²) in [4.78, 5) is 11.9. The summed E-state index contributed by atoms with van der Waals surface area (Å²) in [5, 5.41) is 3.16. The number of nitrogens with one attached hydrogen (secondary N) is 1. The molecule has 1 heterocycles. The summed E-state index contributed by atoms with van der Waals surface area (Å²) in [7, 11) is 0. The molecule has 4 unspecified atom stereocenters. The lowest BCUT2D eigenvalue weighted by molar-refractivity contribution is -0.194. The molecule has 0 aromatic rings. The monoisotopic (exact) mass is 276 g/mol. The predicted octanol–water partition coefficient (Wildman–Crippen LogP) is 1.32. The molecule has 1 amide bonds. The highest BCUT2D eigenvalue weighted by Crippen LogP contribution is 2.51. The summed E-state index contributed by atoms with van der Waals surface area (Å²) < 4.78 is 5.81. The zero-order chi connectivity index (χ0) is 12.6. The lowest BCUT2D eigenvalue weighted by Crippen LogP contribution is -2.70. The van der Waals surface area contributed by atoms with Gasteiger partial charge in [-0.1, -0.05) is 20.8 Å². The first-order valence-corrected chi connectivity index (χ1v) is 6.60. The largest absolute Gasteiger partial charge is 0.377 e. The Morgan fingerprint density at radius 3 is 2.83 bits per heavy atom. The Balaban J connectivity index is 0.00000162. The molecule has 2 fully saturated rings. The standard InChI is InChI=1S/C13H24N2O2.ClH/c1-8(7-14)12(16)15-10-9-5-4-6-17-11(9)13(10,2)3;/h8-11H,4-7,14H2,1-3H3,(H,15,16);1H. The molecule has 18 heavy (non-hydrogen) atoms. The van der Waals surface area contributed by atoms with Crippen LogP contribution in [0.1, 0.15) is 33.6 Å². The summed E-state index contributed by atoms with van der Waals surface area (Å²) in [6, 6.07) is 0.245. The van der Waals surface area contributed by atoms with Gasteiger partial charge in [0.15, 0.2) is 0 Å². The number of carbonyl (C=O) groups excluding carboxylic acids is 1. The first kappa shape index (κ1) is 15.7. The molecule has 106 valence electrons. The molecule has 0 aromatic heterocycles. The Bertz CT molecular complexity index is 309. The topological polar surface area (TPSA) is 64.4 Å². The highest BCUT2D eigenvalue weighted by molar-refractivity contribution is 5.85. The van der Waals surface area contributed by atoms with Gasteiger partial charge in [0.1, 0.15) is 0 Å². The van der Waals surface area contributed by atoms with Crippen molar-refractivity contribution < 1.29 is 9.53 Å². The van der Waals surface area contributed by atoms with Crippen LogP contribution in [-0.4, -0.2) is 31.2 Å². The number of fused-ring (bicyclic) bond motifs is 1. The summed E-state index contributed by atoms with van der Waals surface area (Å²) in [6.07, 6.45) is 2.58. The Morgan fingerprint density at radius 1 is 1.56 bits per heavy atom. The minimum Gasteiger partial charge on any atom is -0.377 e. The van der Waals surface area contributed by atoms with E-state index in [4.69, 9.17) is 10.5 Å². The smallest absolute Gasteiger partial charge is 0.224 e. The quantitative estimate of drug-likeness (QED) is 0.817. The molecule has 2 aliphatic rings. The van der Waals surface area contributed by atoms with E-state index in [1.165, 1.54) is 0 Å². The van der Waals surface area contributed by atoms with Gasteiger partial charge in [0, 0.05) is 36.4 Å². The molecule has 1 aliphatic carbocycles. The predicted molar refractivity (Wildman–Crippen MR) is 73.6 cm³/mol. The molecule has 0 aromatic carbocycles. The van der Waals surface area contributed by atoms with Crippen molar-refractivity contribution in [2.24, 2.45) is 23.0 Å². The van der Waals surface area contributed by atoms with E-state index in [2.05, 4.69) is 19.2 Å². The first-order chi connectivity index (χ1) is 7.98. The lowest BCUT2D eigenvalue weighted by atomic mass is 9.55. The van der Waals surface area contributed by atoms with Crippen molar-refractivity contribution in [1.29, 1.82) is 0 Å². The van der Waals surface area contributed by atoms with Crippen LogP contribution in [0.5, 0.6) is 0 Å². The molecule has 4 atom stereocenters. The number of nitrogens with two attached hydrogens (primary N) is 1. The van der Waals surface area contributed by atoms with Gasteiger partial charge in [-0.3, -0.25) is 4.79 Å². The highest BCUT2D eigenvalue weighted by atomic mass is 35.5. The molecule has 0 bridgehead atoms. The number of ether oxygens (including phenoxy) is 1. The van der Waals surface area contributed by atoms with Crippen LogP contribution in [0.15, 0.2) is 0 Å². The molecule has 5 heteroatoms. The highest BCUT2D eigenvalue weighted by Gasteiger charge is 2.58. The van der Waals surface area contributed by atoms with Crippen molar-refractivity contribution in [2.75, 3.05) is 13.2 Å². The van der Waals surface area contributed by atoms with Crippen LogP contribution in [0.4, 0.5) is 0 Å². The SMILES string of the molecule is CC(CN)C(=O)NC1C2CCCOC2C1(C)C.Cl. The van der Waals surface area contributed by atoms with Gasteiger partial charge in [0.25, 0.3) is 0 Å². The molecule has 2 rings (SSSR count). The van der Waals surface area contributed by atoms with Gasteiger partial charge in [0.05, 0.1) is 6.10 Å². The minimum atomic E-state index is -0.102. The number of carbonyl (C=O) groups is 1. The maximum Gasteiger partial charge on any atom is 0.224 e. The Labute approximate surface area is 115 Å². The third-order valence-corrected chi connectivity index (χ3v) is 4.43. The van der Waals surface area contributed by atoms with E-state index >= 15 is 0 Å². The van der Waals surface area contributed by atoms with Gasteiger partial charge < -0.3 is 15.8 Å². The van der Waals surface area contributed by atoms with Gasteiger partial charge in [-0.05, 0) is 12.8 Å². The Kier molecular flexibility index (Phi) is 5.04. The molecule has 1 saturated carbocycles. The van der Waals surface area contributed by atoms with E-state index in [0.717, 1.165) is 19.4 Å². The van der Waals surface area contributed by atoms with Crippen LogP contribution in [-0.2, 0) is 9.53 Å². The molecular formula is C13H25ClN2O2. The van der Waals surface area contributed by atoms with Crippen molar-refractivity contribution >= 4 is 18.3 Å². The van der Waals surface area contributed by atoms with Gasteiger partial charge in [-0.25, -0.2) is 0 Å². The van der Waals surface area contributed by atoms with Crippen molar-refractivity contribution in [3.05, 3.63) is 0 Å². The average molecular weight is 277 g/mol. The number of rotatable bonds is 3. The molecular weight excluding hydrogens is 252 g/mol. The second kappa shape index (κ2) is 5.76. The molecule has 0 radical (unpaired) electrons. The fraction of sp³-hybridized carbons (Fsp3) is 0.923. The van der Waals surface area contributed by atoms with Crippen molar-refractivity contribution in [2.45, 2.75) is 45.8 Å². The third-order valence-electron chi connectivity index (χ3n) is 4.43. The van der Waals surface area contributed by atoms with E-state index in [1.807, 2.05) is 6.92 Å². The van der Waals surface area contributed by atoms with E-state index < -0.39 is 0 Å². The van der Waals surface area contributed by atoms with Crippen LogP contribution in [0.25, 0.3) is 0 Å². The van der Waals surface area contributed by atoms with Crippen LogP contribution >= 0.6 is 12.4 Å². The van der Waals surface area contributed by atoms with Gasteiger partial charge in [-0.15, -0.1) is 12.4 Å². The normalized spacial score (nSPS) is 34.6. The Hall–Kier alpha value is -0.320. The van der Waals surface area contributed by atoms with Crippen molar-refractivity contribution in [3.63, 3.8) is 0 Å². The van der Waals surface area contributed by atoms with Gasteiger partial charge >= 0.3 is 0 Å². The molecule has 0 spiro atoms. The maximum atomic E-state index is 11.9. The number of hydrogen-bond donors (Lipinski definition) is 2. The van der Waals surface area contributed by atoms with E-state index in [1.54, 1.807) is 0 Å². The van der Waals surface area contributed by atoms with Gasteiger partial charge in [0.2, 0.25) is 5.91 Å². The van der Waals surface area contributed by atoms with Crippen LogP contribution in [0.3, 0.4) is 0 Å². The minimum absolute atomic E-state index is 0. The first-order valence-electron chi connectivity index (χ1n) is 6.60. The number of hydrogen-bond acceptors (Lipinski definition) is 3. The van der Waals surface area contributed by atoms with Crippen LogP contribution in [0, 0.1) is 17.3 Å². The van der Waals surface area contributed by atoms with Gasteiger partial charge in [-0.2, -0.15) is 0 Å². The summed E-state index contributed by atoms with van der Waals surface area (Å²) >= 11 is 0. The fourth-order valence-corrected chi connectivity index (χ4v) is 3.22. The second-order valence-corrected chi connectivity index (χ2v) is 6.04. The number of halogens is 1. The molecule has 3 N–H and O–H groups in total. The lowest BCUT2D eigenvalue weighted by Gasteiger charge is -2.60. The maximum absolute atomic E-state index is 11.9. The summed E-state index contributed by atoms with van der Waals surface area (Å²) in [6.45, 7) is 7.50. The summed E-state index contributed by atoms with van der Waals surface area (Å²) in [5.74, 6) is 0.469. The van der Waals surface area contributed by atoms with E-state index in [9.17, 15) is 4.79 Å². The van der Waals surface area contributed by atoms with E-state index in [-0.39, 0.29) is 35.7 Å². The zero-order valence-corrected chi connectivity index (χ0v) is 12.3. The van der Waals surface area contributed by atoms with Crippen LogP contribution < -0.4 is 11.1 Å². The molecule has 1 aliphatic heterocycles. The summed E-state index contributed by atoms with van der Waals surface area (Å²) in [5.41, 5.74) is 5.57. The van der Waals surface area contributed by atoms with Crippen molar-refractivity contribution in [1.82, 2.24) is 5.32 Å². The molecule has 4 nitrogen and oxygen atoms in total. The molecule has 1 saturated heterocycles. The number of amides is 1. The third kappa shape index (κ3) is 2.51. The Morgan fingerprint density at radius 2 is 2.22 bits per heavy atom. The second-order valence-electron chi connectivity index (χ2n) is 6.04. The van der Waals surface area contributed by atoms with E-state index in [0.29, 0.717) is 18.6 Å². The fourth-order valence-electron chi connectivity index (χ4n) is 3.22. The average Bonchev–Trinajstić information content (AvgIpc) is 2.34. The van der Waals surface area contributed by atoms with Crippen molar-refractivity contribution in [3.8, 4) is 0 Å². The van der Waals surface area contributed by atoms with Crippen LogP contribution in [0.2, 0.25) is 0 Å². The zero-order valence-electron chi connectivity index (χ0n) is 11.4.